The van der Waals surface area contributed by atoms with Gasteiger partial charge in [-0.1, -0.05) is 56.3 Å². The van der Waals surface area contributed by atoms with E-state index in [9.17, 15) is 14.4 Å². The maximum absolute atomic E-state index is 10.9. The molecule has 186 valence electrons. The zero-order valence-electron chi connectivity index (χ0n) is 21.5. The summed E-state index contributed by atoms with van der Waals surface area (Å²) in [5.41, 5.74) is 2.80. The first-order valence-corrected chi connectivity index (χ1v) is 11.0. The molecular weight excluding hydrogens is 444 g/mol. The van der Waals surface area contributed by atoms with Crippen LogP contribution in [0.3, 0.4) is 0 Å². The Morgan fingerprint density at radius 2 is 1.09 bits per heavy atom. The topological polar surface area (TPSA) is 78.9 Å². The van der Waals surface area contributed by atoms with Crippen molar-refractivity contribution in [3.05, 3.63) is 95.6 Å². The minimum absolute atomic E-state index is 0.138. The van der Waals surface area contributed by atoms with E-state index in [4.69, 9.17) is 9.47 Å². The van der Waals surface area contributed by atoms with Crippen molar-refractivity contribution in [3.8, 4) is 11.5 Å². The van der Waals surface area contributed by atoms with E-state index in [1.54, 1.807) is 31.4 Å². The fraction of sp³-hybridized carbons (Fsp3) is 0.276. The minimum Gasteiger partial charge on any atom is -0.497 e. The maximum atomic E-state index is 10.9. The van der Waals surface area contributed by atoms with Gasteiger partial charge in [-0.2, -0.15) is 0 Å². The van der Waals surface area contributed by atoms with Gasteiger partial charge in [0, 0.05) is 12.3 Å². The van der Waals surface area contributed by atoms with Crippen LogP contribution in [0.5, 0.6) is 11.5 Å². The van der Waals surface area contributed by atoms with Crippen molar-refractivity contribution in [2.45, 2.75) is 40.0 Å². The second kappa shape index (κ2) is 14.4. The van der Waals surface area contributed by atoms with Crippen LogP contribution in [0.2, 0.25) is 0 Å². The van der Waals surface area contributed by atoms with Crippen molar-refractivity contribution < 1.29 is 28.6 Å². The number of carbonyl (C=O) groups excluding carboxylic acids is 3. The predicted molar refractivity (Wildman–Crippen MR) is 137 cm³/mol. The van der Waals surface area contributed by atoms with Gasteiger partial charge < -0.3 is 19.0 Å². The van der Waals surface area contributed by atoms with Gasteiger partial charge in [-0.15, -0.1) is 0 Å². The van der Waals surface area contributed by atoms with E-state index < -0.39 is 0 Å². The number of Topliss-reactive ketones (excluding diaryl/α,β-unsaturated/α-hetero) is 1. The summed E-state index contributed by atoms with van der Waals surface area (Å²) in [5, 5.41) is 0. The van der Waals surface area contributed by atoms with Crippen molar-refractivity contribution >= 4 is 17.7 Å². The fourth-order valence-corrected chi connectivity index (χ4v) is 2.97. The lowest BCUT2D eigenvalue weighted by atomic mass is 9.78. The van der Waals surface area contributed by atoms with E-state index in [1.807, 2.05) is 42.5 Å². The molecule has 6 heteroatoms. The summed E-state index contributed by atoms with van der Waals surface area (Å²) in [5.74, 6) is 0.981. The van der Waals surface area contributed by atoms with Crippen LogP contribution >= 0.6 is 0 Å². The Labute approximate surface area is 207 Å². The largest absolute Gasteiger partial charge is 0.497 e. The van der Waals surface area contributed by atoms with Gasteiger partial charge >= 0.3 is 11.9 Å². The van der Waals surface area contributed by atoms with E-state index >= 15 is 0 Å². The lowest BCUT2D eigenvalue weighted by Gasteiger charge is -2.26. The van der Waals surface area contributed by atoms with Gasteiger partial charge in [-0.25, -0.2) is 4.79 Å². The first-order chi connectivity index (χ1) is 16.5. The summed E-state index contributed by atoms with van der Waals surface area (Å²) in [7, 11) is 3.03. The van der Waals surface area contributed by atoms with Crippen molar-refractivity contribution in [3.63, 3.8) is 0 Å². The Kier molecular flexibility index (Phi) is 11.9. The zero-order valence-corrected chi connectivity index (χ0v) is 21.5. The first kappa shape index (κ1) is 29.1. The highest BCUT2D eigenvalue weighted by atomic mass is 16.5. The number of benzene rings is 3. The number of carbonyl (C=O) groups is 3. The molecule has 0 heterocycles. The normalized spacial score (nSPS) is 9.91. The Bertz CT molecular complexity index is 1060. The van der Waals surface area contributed by atoms with E-state index in [0.717, 1.165) is 11.3 Å². The third kappa shape index (κ3) is 10.3. The molecule has 0 atom stereocenters. The molecule has 0 N–H and O–H groups in total. The van der Waals surface area contributed by atoms with Gasteiger partial charge in [0.15, 0.2) is 0 Å². The molecule has 6 nitrogen and oxygen atoms in total. The van der Waals surface area contributed by atoms with E-state index in [0.29, 0.717) is 11.3 Å². The molecule has 3 aromatic rings. The smallest absolute Gasteiger partial charge is 0.337 e. The average molecular weight is 479 g/mol. The summed E-state index contributed by atoms with van der Waals surface area (Å²) < 4.78 is 14.8. The molecule has 35 heavy (non-hydrogen) atoms. The molecule has 0 amide bonds. The SMILES string of the molecule is CC(C)=O.COC(=O)c1ccccc1.COc1ccc(C(C)(C)c2ccc(OC(C)=O)cc2)cc1. The Morgan fingerprint density at radius 1 is 0.657 bits per heavy atom. The number of methoxy groups -OCH3 is 2. The fourth-order valence-electron chi connectivity index (χ4n) is 2.97. The van der Waals surface area contributed by atoms with Gasteiger partial charge in [-0.05, 0) is 61.4 Å². The number of hydrogen-bond acceptors (Lipinski definition) is 6. The van der Waals surface area contributed by atoms with Gasteiger partial charge in [0.2, 0.25) is 0 Å². The lowest BCUT2D eigenvalue weighted by molar-refractivity contribution is -0.131. The van der Waals surface area contributed by atoms with E-state index in [2.05, 4.69) is 30.7 Å². The van der Waals surface area contributed by atoms with Gasteiger partial charge in [-0.3, -0.25) is 4.79 Å². The number of esters is 2. The number of hydrogen-bond donors (Lipinski definition) is 0. The summed E-state index contributed by atoms with van der Waals surface area (Å²) in [6.45, 7) is 8.78. The van der Waals surface area contributed by atoms with Crippen LogP contribution in [-0.4, -0.2) is 31.9 Å². The number of rotatable bonds is 5. The molecular formula is C29H34O6. The van der Waals surface area contributed by atoms with Crippen molar-refractivity contribution in [2.75, 3.05) is 14.2 Å². The van der Waals surface area contributed by atoms with Crippen LogP contribution < -0.4 is 9.47 Å². The van der Waals surface area contributed by atoms with Crippen LogP contribution in [0.1, 0.15) is 56.1 Å². The predicted octanol–water partition coefficient (Wildman–Crippen LogP) is 6.01. The molecule has 0 spiro atoms. The van der Waals surface area contributed by atoms with Crippen molar-refractivity contribution in [1.82, 2.24) is 0 Å². The van der Waals surface area contributed by atoms with Crippen LogP contribution in [0.25, 0.3) is 0 Å². The van der Waals surface area contributed by atoms with Crippen molar-refractivity contribution in [2.24, 2.45) is 0 Å². The van der Waals surface area contributed by atoms with Gasteiger partial charge in [0.05, 0.1) is 19.8 Å². The average Bonchev–Trinajstić information content (AvgIpc) is 2.84. The Balaban J connectivity index is 0.000000362. The molecule has 0 unspecified atom stereocenters. The van der Waals surface area contributed by atoms with Crippen LogP contribution in [0, 0.1) is 0 Å². The number of ketones is 1. The van der Waals surface area contributed by atoms with E-state index in [1.165, 1.54) is 33.4 Å². The number of ether oxygens (including phenoxy) is 3. The summed E-state index contributed by atoms with van der Waals surface area (Å²) in [6.07, 6.45) is 0. The first-order valence-electron chi connectivity index (χ1n) is 11.0. The highest BCUT2D eigenvalue weighted by molar-refractivity contribution is 5.89. The highest BCUT2D eigenvalue weighted by Gasteiger charge is 2.23. The summed E-state index contributed by atoms with van der Waals surface area (Å²) in [6, 6.07) is 24.6. The summed E-state index contributed by atoms with van der Waals surface area (Å²) in [4.78, 5) is 31.2. The Morgan fingerprint density at radius 3 is 1.46 bits per heavy atom. The van der Waals surface area contributed by atoms with Crippen LogP contribution in [-0.2, 0) is 19.7 Å². The highest BCUT2D eigenvalue weighted by Crippen LogP contribution is 2.33. The van der Waals surface area contributed by atoms with Crippen LogP contribution in [0.15, 0.2) is 78.9 Å². The minimum atomic E-state index is -0.308. The quantitative estimate of drug-likeness (QED) is 0.330. The molecule has 0 bridgehead atoms. The molecule has 0 radical (unpaired) electrons. The molecule has 0 aromatic heterocycles. The standard InChI is InChI=1S/C18H20O3.C8H8O2.C3H6O/c1-13(19)21-17-11-7-15(8-12-17)18(2,3)14-5-9-16(20-4)10-6-14;1-10-8(9)7-5-3-2-4-6-7;1-3(2)4/h5-12H,1-4H3;2-6H,1H3;1-2H3. The van der Waals surface area contributed by atoms with Crippen LogP contribution in [0.4, 0.5) is 0 Å². The zero-order chi connectivity index (χ0) is 26.4. The molecule has 0 fully saturated rings. The maximum Gasteiger partial charge on any atom is 0.337 e. The Hall–Kier alpha value is -3.93. The molecule has 0 saturated carbocycles. The molecule has 3 rings (SSSR count). The summed E-state index contributed by atoms with van der Waals surface area (Å²) >= 11 is 0. The van der Waals surface area contributed by atoms with Gasteiger partial charge in [0.1, 0.15) is 17.3 Å². The molecule has 3 aromatic carbocycles. The van der Waals surface area contributed by atoms with Crippen molar-refractivity contribution in [1.29, 1.82) is 0 Å². The molecule has 0 saturated heterocycles. The monoisotopic (exact) mass is 478 g/mol. The molecule has 0 aliphatic carbocycles. The third-order valence-electron chi connectivity index (χ3n) is 4.84. The second-order valence-electron chi connectivity index (χ2n) is 8.24. The lowest BCUT2D eigenvalue weighted by Crippen LogP contribution is -2.18. The van der Waals surface area contributed by atoms with E-state index in [-0.39, 0.29) is 23.1 Å². The molecule has 0 aliphatic heterocycles. The molecule has 0 aliphatic rings. The van der Waals surface area contributed by atoms with Gasteiger partial charge in [0.25, 0.3) is 0 Å². The second-order valence-corrected chi connectivity index (χ2v) is 8.24. The third-order valence-corrected chi connectivity index (χ3v) is 4.84.